The molecule has 1 saturated heterocycles. The molecule has 0 radical (unpaired) electrons. The molecule has 0 N–H and O–H groups in total. The fourth-order valence-electron chi connectivity index (χ4n) is 3.82. The largest absolute Gasteiger partial charge is 0.497 e. The van der Waals surface area contributed by atoms with Crippen molar-refractivity contribution in [2.45, 2.75) is 20.1 Å². The summed E-state index contributed by atoms with van der Waals surface area (Å²) >= 11 is 0. The molecule has 7 heteroatoms. The minimum Gasteiger partial charge on any atom is -0.497 e. The van der Waals surface area contributed by atoms with Crippen LogP contribution >= 0.6 is 0 Å². The van der Waals surface area contributed by atoms with E-state index in [0.717, 1.165) is 36.9 Å². The fraction of sp³-hybridized carbons (Fsp3) is 0.346. The molecule has 1 fully saturated rings. The minimum absolute atomic E-state index is 0.0802. The van der Waals surface area contributed by atoms with Gasteiger partial charge in [0.2, 0.25) is 0 Å². The summed E-state index contributed by atoms with van der Waals surface area (Å²) in [7, 11) is 1.68. The maximum atomic E-state index is 12.9. The predicted molar refractivity (Wildman–Crippen MR) is 125 cm³/mol. The Morgan fingerprint density at radius 3 is 2.33 bits per heavy atom. The number of furan rings is 1. The van der Waals surface area contributed by atoms with Crippen molar-refractivity contribution in [3.8, 4) is 17.2 Å². The number of benzene rings is 2. The van der Waals surface area contributed by atoms with E-state index in [1.807, 2.05) is 48.2 Å². The summed E-state index contributed by atoms with van der Waals surface area (Å²) in [5.74, 6) is 3.27. The Labute approximate surface area is 194 Å². The van der Waals surface area contributed by atoms with E-state index in [4.69, 9.17) is 18.6 Å². The van der Waals surface area contributed by atoms with Crippen LogP contribution in [0.5, 0.6) is 17.2 Å². The summed E-state index contributed by atoms with van der Waals surface area (Å²) in [4.78, 5) is 17.1. The molecule has 1 aliphatic rings. The molecule has 4 rings (SSSR count). The first-order chi connectivity index (χ1) is 16.1. The van der Waals surface area contributed by atoms with E-state index in [2.05, 4.69) is 17.0 Å². The minimum atomic E-state index is -0.0802. The van der Waals surface area contributed by atoms with Gasteiger partial charge in [0.15, 0.2) is 5.76 Å². The van der Waals surface area contributed by atoms with Crippen LogP contribution in [0.25, 0.3) is 0 Å². The third-order valence-electron chi connectivity index (χ3n) is 5.59. The predicted octanol–water partition coefficient (Wildman–Crippen LogP) is 4.22. The van der Waals surface area contributed by atoms with Gasteiger partial charge in [0.05, 0.1) is 13.7 Å². The molecule has 1 aliphatic heterocycles. The van der Waals surface area contributed by atoms with Crippen LogP contribution in [-0.4, -0.2) is 55.6 Å². The Kier molecular flexibility index (Phi) is 7.52. The van der Waals surface area contributed by atoms with Crippen LogP contribution in [0.2, 0.25) is 0 Å². The molecule has 3 aromatic rings. The van der Waals surface area contributed by atoms with E-state index in [9.17, 15) is 4.79 Å². The molecule has 7 nitrogen and oxygen atoms in total. The number of hydrogen-bond donors (Lipinski definition) is 0. The molecule has 0 atom stereocenters. The smallest absolute Gasteiger partial charge is 0.289 e. The number of methoxy groups -OCH3 is 1. The van der Waals surface area contributed by atoms with E-state index in [1.54, 1.807) is 19.2 Å². The van der Waals surface area contributed by atoms with Crippen LogP contribution in [0.3, 0.4) is 0 Å². The molecule has 0 saturated carbocycles. The first-order valence-corrected chi connectivity index (χ1v) is 11.2. The second-order valence-corrected chi connectivity index (χ2v) is 7.88. The SMILES string of the molecule is CCOc1ccc(OCc2ccc(C(=O)N3CCN(Cc4cccc(OC)c4)CC3)o2)cc1. The maximum absolute atomic E-state index is 12.9. The fourth-order valence-corrected chi connectivity index (χ4v) is 3.82. The first kappa shape index (κ1) is 22.7. The molecule has 0 unspecified atom stereocenters. The lowest BCUT2D eigenvalue weighted by molar-refractivity contribution is 0.0594. The standard InChI is InChI=1S/C26H30N2O5/c1-3-31-21-7-9-22(10-8-21)32-19-24-11-12-25(33-24)26(29)28-15-13-27(14-16-28)18-20-5-4-6-23(17-20)30-2/h4-12,17H,3,13-16,18-19H2,1-2H3. The van der Waals surface area contributed by atoms with Gasteiger partial charge in [0.25, 0.3) is 5.91 Å². The van der Waals surface area contributed by atoms with E-state index >= 15 is 0 Å². The maximum Gasteiger partial charge on any atom is 0.289 e. The summed E-state index contributed by atoms with van der Waals surface area (Å²) in [6.07, 6.45) is 0. The van der Waals surface area contributed by atoms with Gasteiger partial charge in [-0.05, 0) is 61.0 Å². The van der Waals surface area contributed by atoms with Gasteiger partial charge in [-0.2, -0.15) is 0 Å². The van der Waals surface area contributed by atoms with Gasteiger partial charge in [-0.15, -0.1) is 0 Å². The summed E-state index contributed by atoms with van der Waals surface area (Å²) in [6, 6.07) is 19.0. The number of rotatable bonds is 9. The Balaban J connectivity index is 1.25. The van der Waals surface area contributed by atoms with E-state index in [-0.39, 0.29) is 12.5 Å². The van der Waals surface area contributed by atoms with Crippen molar-refractivity contribution >= 4 is 5.91 Å². The quantitative estimate of drug-likeness (QED) is 0.486. The van der Waals surface area contributed by atoms with Gasteiger partial charge in [0, 0.05) is 32.7 Å². The highest BCUT2D eigenvalue weighted by molar-refractivity contribution is 5.91. The molecule has 0 aliphatic carbocycles. The summed E-state index contributed by atoms with van der Waals surface area (Å²) in [5.41, 5.74) is 1.21. The lowest BCUT2D eigenvalue weighted by Crippen LogP contribution is -2.48. The highest BCUT2D eigenvalue weighted by atomic mass is 16.5. The van der Waals surface area contributed by atoms with Crippen molar-refractivity contribution in [2.75, 3.05) is 39.9 Å². The lowest BCUT2D eigenvalue weighted by Gasteiger charge is -2.34. The van der Waals surface area contributed by atoms with Gasteiger partial charge in [-0.3, -0.25) is 9.69 Å². The van der Waals surface area contributed by atoms with Gasteiger partial charge in [-0.25, -0.2) is 0 Å². The van der Waals surface area contributed by atoms with Crippen LogP contribution in [0.1, 0.15) is 28.8 Å². The van der Waals surface area contributed by atoms with Crippen molar-refractivity contribution in [3.63, 3.8) is 0 Å². The van der Waals surface area contributed by atoms with Crippen LogP contribution in [0.4, 0.5) is 0 Å². The molecule has 33 heavy (non-hydrogen) atoms. The number of hydrogen-bond acceptors (Lipinski definition) is 6. The van der Waals surface area contributed by atoms with Gasteiger partial charge in [-0.1, -0.05) is 12.1 Å². The zero-order valence-corrected chi connectivity index (χ0v) is 19.2. The summed E-state index contributed by atoms with van der Waals surface area (Å²) < 4.78 is 22.3. The molecule has 1 aromatic heterocycles. The zero-order chi connectivity index (χ0) is 23.0. The Hall–Kier alpha value is -3.45. The van der Waals surface area contributed by atoms with E-state index in [0.29, 0.717) is 31.2 Å². The molecule has 0 spiro atoms. The zero-order valence-electron chi connectivity index (χ0n) is 19.2. The number of carbonyl (C=O) groups is 1. The third-order valence-corrected chi connectivity index (χ3v) is 5.59. The average molecular weight is 451 g/mol. The molecule has 0 bridgehead atoms. The second-order valence-electron chi connectivity index (χ2n) is 7.88. The number of amides is 1. The van der Waals surface area contributed by atoms with Crippen molar-refractivity contribution in [3.05, 3.63) is 77.7 Å². The van der Waals surface area contributed by atoms with Gasteiger partial charge >= 0.3 is 0 Å². The topological polar surface area (TPSA) is 64.4 Å². The normalized spacial score (nSPS) is 14.2. The van der Waals surface area contributed by atoms with E-state index < -0.39 is 0 Å². The highest BCUT2D eigenvalue weighted by Crippen LogP contribution is 2.20. The summed E-state index contributed by atoms with van der Waals surface area (Å²) in [6.45, 7) is 6.64. The number of carbonyl (C=O) groups excluding carboxylic acids is 1. The van der Waals surface area contributed by atoms with E-state index in [1.165, 1.54) is 5.56 Å². The lowest BCUT2D eigenvalue weighted by atomic mass is 10.2. The first-order valence-electron chi connectivity index (χ1n) is 11.2. The number of nitrogens with zero attached hydrogens (tertiary/aromatic N) is 2. The molecule has 2 heterocycles. The van der Waals surface area contributed by atoms with Gasteiger partial charge in [0.1, 0.15) is 29.6 Å². The number of piperazine rings is 1. The van der Waals surface area contributed by atoms with Crippen LogP contribution in [0.15, 0.2) is 65.1 Å². The van der Waals surface area contributed by atoms with Crippen LogP contribution in [-0.2, 0) is 13.2 Å². The molecular formula is C26H30N2O5. The highest BCUT2D eigenvalue weighted by Gasteiger charge is 2.24. The van der Waals surface area contributed by atoms with Crippen LogP contribution in [0, 0.1) is 0 Å². The molecular weight excluding hydrogens is 420 g/mol. The Morgan fingerprint density at radius 1 is 0.909 bits per heavy atom. The monoisotopic (exact) mass is 450 g/mol. The Morgan fingerprint density at radius 2 is 1.64 bits per heavy atom. The average Bonchev–Trinajstić information content (AvgIpc) is 3.33. The summed E-state index contributed by atoms with van der Waals surface area (Å²) in [5, 5.41) is 0. The molecule has 1 amide bonds. The van der Waals surface area contributed by atoms with Gasteiger partial charge < -0.3 is 23.5 Å². The second kappa shape index (κ2) is 10.9. The van der Waals surface area contributed by atoms with Crippen molar-refractivity contribution in [2.24, 2.45) is 0 Å². The third kappa shape index (κ3) is 6.08. The Bertz CT molecular complexity index is 1040. The molecule has 2 aromatic carbocycles. The van der Waals surface area contributed by atoms with Crippen LogP contribution < -0.4 is 14.2 Å². The number of ether oxygens (including phenoxy) is 3. The van der Waals surface area contributed by atoms with Crippen molar-refractivity contribution < 1.29 is 23.4 Å². The van der Waals surface area contributed by atoms with Crippen molar-refractivity contribution in [1.82, 2.24) is 9.80 Å². The molecule has 174 valence electrons. The van der Waals surface area contributed by atoms with Crippen molar-refractivity contribution in [1.29, 1.82) is 0 Å².